The molecule has 0 bridgehead atoms. The highest BCUT2D eigenvalue weighted by Gasteiger charge is 2.26. The zero-order chi connectivity index (χ0) is 15.5. The van der Waals surface area contributed by atoms with E-state index in [4.69, 9.17) is 4.74 Å². The minimum atomic E-state index is -0.452. The fourth-order valence-electron chi connectivity index (χ4n) is 2.15. The van der Waals surface area contributed by atoms with Crippen LogP contribution in [0.4, 0.5) is 10.7 Å². The van der Waals surface area contributed by atoms with Crippen molar-refractivity contribution in [2.45, 2.75) is 39.7 Å². The van der Waals surface area contributed by atoms with Crippen molar-refractivity contribution in [1.29, 1.82) is 0 Å². The third kappa shape index (κ3) is 4.31. The molecule has 2 rings (SSSR count). The molecular formula is C15H24N4O2. The minimum absolute atomic E-state index is 0.245. The van der Waals surface area contributed by atoms with E-state index in [0.29, 0.717) is 13.1 Å². The lowest BCUT2D eigenvalue weighted by atomic mass is 10.2. The van der Waals surface area contributed by atoms with E-state index < -0.39 is 5.60 Å². The standard InChI is InChI=1S/C15H24N4O2/c1-5-12-6-7-16-13(17-12)18-8-10-19(11-9-18)14(20)21-15(2,3)4/h6-7H,5,8-11H2,1-4H3. The van der Waals surface area contributed by atoms with Gasteiger partial charge in [0, 0.05) is 38.1 Å². The molecular weight excluding hydrogens is 268 g/mol. The van der Waals surface area contributed by atoms with Crippen molar-refractivity contribution in [2.24, 2.45) is 0 Å². The number of anilines is 1. The van der Waals surface area contributed by atoms with E-state index in [1.54, 1.807) is 11.1 Å². The second-order valence-corrected chi connectivity index (χ2v) is 6.16. The van der Waals surface area contributed by atoms with E-state index in [2.05, 4.69) is 21.8 Å². The third-order valence-corrected chi connectivity index (χ3v) is 3.28. The average Bonchev–Trinajstić information content (AvgIpc) is 2.46. The first-order chi connectivity index (χ1) is 9.89. The van der Waals surface area contributed by atoms with Crippen LogP contribution in [0.1, 0.15) is 33.4 Å². The van der Waals surface area contributed by atoms with E-state index in [9.17, 15) is 4.79 Å². The molecule has 1 saturated heterocycles. The summed E-state index contributed by atoms with van der Waals surface area (Å²) in [7, 11) is 0. The number of ether oxygens (including phenoxy) is 1. The molecule has 1 aromatic heterocycles. The Morgan fingerprint density at radius 1 is 1.29 bits per heavy atom. The van der Waals surface area contributed by atoms with E-state index in [1.165, 1.54) is 0 Å². The van der Waals surface area contributed by atoms with Crippen molar-refractivity contribution in [3.63, 3.8) is 0 Å². The van der Waals surface area contributed by atoms with Gasteiger partial charge < -0.3 is 14.5 Å². The number of carbonyl (C=O) groups is 1. The maximum atomic E-state index is 12.0. The van der Waals surface area contributed by atoms with E-state index in [1.807, 2.05) is 26.8 Å². The summed E-state index contributed by atoms with van der Waals surface area (Å²) in [6, 6.07) is 1.93. The number of aryl methyl sites for hydroxylation is 1. The Balaban J connectivity index is 1.92. The molecule has 6 nitrogen and oxygen atoms in total. The summed E-state index contributed by atoms with van der Waals surface area (Å²) < 4.78 is 5.39. The number of aromatic nitrogens is 2. The second kappa shape index (κ2) is 6.28. The van der Waals surface area contributed by atoms with Crippen LogP contribution in [0.2, 0.25) is 0 Å². The molecule has 0 spiro atoms. The average molecular weight is 292 g/mol. The lowest BCUT2D eigenvalue weighted by molar-refractivity contribution is 0.0240. The van der Waals surface area contributed by atoms with Crippen LogP contribution < -0.4 is 4.90 Å². The predicted octanol–water partition coefficient (Wildman–Crippen LogP) is 2.10. The first-order valence-corrected chi connectivity index (χ1v) is 7.44. The first kappa shape index (κ1) is 15.5. The Morgan fingerprint density at radius 3 is 2.52 bits per heavy atom. The summed E-state index contributed by atoms with van der Waals surface area (Å²) in [5, 5.41) is 0. The van der Waals surface area contributed by atoms with Crippen molar-refractivity contribution in [3.8, 4) is 0 Å². The molecule has 1 aromatic rings. The van der Waals surface area contributed by atoms with E-state index in [0.717, 1.165) is 31.2 Å². The smallest absolute Gasteiger partial charge is 0.410 e. The Kier molecular flexibility index (Phi) is 4.65. The molecule has 6 heteroatoms. The summed E-state index contributed by atoms with van der Waals surface area (Å²) in [5.74, 6) is 0.748. The number of piperazine rings is 1. The molecule has 1 fully saturated rings. The monoisotopic (exact) mass is 292 g/mol. The molecule has 0 saturated carbocycles. The van der Waals surface area contributed by atoms with Crippen LogP contribution in [0.3, 0.4) is 0 Å². The molecule has 0 unspecified atom stereocenters. The quantitative estimate of drug-likeness (QED) is 0.835. The van der Waals surface area contributed by atoms with Crippen molar-refractivity contribution in [3.05, 3.63) is 18.0 Å². The first-order valence-electron chi connectivity index (χ1n) is 7.44. The van der Waals surface area contributed by atoms with Crippen LogP contribution in [-0.2, 0) is 11.2 Å². The summed E-state index contributed by atoms with van der Waals surface area (Å²) in [6.07, 6.45) is 2.44. The van der Waals surface area contributed by atoms with Gasteiger partial charge in [-0.3, -0.25) is 0 Å². The van der Waals surface area contributed by atoms with Crippen LogP contribution in [0.5, 0.6) is 0 Å². The highest BCUT2D eigenvalue weighted by atomic mass is 16.6. The van der Waals surface area contributed by atoms with Gasteiger partial charge in [-0.25, -0.2) is 14.8 Å². The van der Waals surface area contributed by atoms with Crippen molar-refractivity contribution in [1.82, 2.24) is 14.9 Å². The fraction of sp³-hybridized carbons (Fsp3) is 0.667. The Morgan fingerprint density at radius 2 is 1.95 bits per heavy atom. The number of rotatable bonds is 2. The maximum Gasteiger partial charge on any atom is 0.410 e. The second-order valence-electron chi connectivity index (χ2n) is 6.16. The Labute approximate surface area is 126 Å². The highest BCUT2D eigenvalue weighted by molar-refractivity contribution is 5.68. The molecule has 1 aliphatic rings. The molecule has 2 heterocycles. The van der Waals surface area contributed by atoms with Crippen LogP contribution in [0.25, 0.3) is 0 Å². The molecule has 0 atom stereocenters. The summed E-state index contributed by atoms with van der Waals surface area (Å²) in [4.78, 5) is 24.7. The largest absolute Gasteiger partial charge is 0.444 e. The van der Waals surface area contributed by atoms with Crippen molar-refractivity contribution < 1.29 is 9.53 Å². The van der Waals surface area contributed by atoms with Gasteiger partial charge in [-0.05, 0) is 33.3 Å². The van der Waals surface area contributed by atoms with Gasteiger partial charge in [0.25, 0.3) is 0 Å². The molecule has 1 aliphatic heterocycles. The van der Waals surface area contributed by atoms with Gasteiger partial charge in [0.15, 0.2) is 0 Å². The zero-order valence-electron chi connectivity index (χ0n) is 13.3. The van der Waals surface area contributed by atoms with Gasteiger partial charge in [-0.2, -0.15) is 0 Å². The number of hydrogen-bond acceptors (Lipinski definition) is 5. The van der Waals surface area contributed by atoms with Crippen LogP contribution >= 0.6 is 0 Å². The number of nitrogens with zero attached hydrogens (tertiary/aromatic N) is 4. The van der Waals surface area contributed by atoms with Gasteiger partial charge in [0.1, 0.15) is 5.60 Å². The van der Waals surface area contributed by atoms with Crippen LogP contribution in [0, 0.1) is 0 Å². The summed E-state index contributed by atoms with van der Waals surface area (Å²) in [6.45, 7) is 10.4. The van der Waals surface area contributed by atoms with Crippen LogP contribution in [0.15, 0.2) is 12.3 Å². The predicted molar refractivity (Wildman–Crippen MR) is 81.4 cm³/mol. The van der Waals surface area contributed by atoms with Crippen molar-refractivity contribution in [2.75, 3.05) is 31.1 Å². The topological polar surface area (TPSA) is 58.6 Å². The van der Waals surface area contributed by atoms with E-state index >= 15 is 0 Å². The number of amides is 1. The van der Waals surface area contributed by atoms with Crippen LogP contribution in [-0.4, -0.2) is 52.7 Å². The minimum Gasteiger partial charge on any atom is -0.444 e. The molecule has 0 N–H and O–H groups in total. The normalized spacial score (nSPS) is 16.0. The van der Waals surface area contributed by atoms with Gasteiger partial charge in [0.2, 0.25) is 5.95 Å². The molecule has 0 aliphatic carbocycles. The third-order valence-electron chi connectivity index (χ3n) is 3.28. The molecule has 116 valence electrons. The number of carbonyl (C=O) groups excluding carboxylic acids is 1. The van der Waals surface area contributed by atoms with Gasteiger partial charge >= 0.3 is 6.09 Å². The number of hydrogen-bond donors (Lipinski definition) is 0. The van der Waals surface area contributed by atoms with Crippen molar-refractivity contribution >= 4 is 12.0 Å². The SMILES string of the molecule is CCc1ccnc(N2CCN(C(=O)OC(C)(C)C)CC2)n1. The lowest BCUT2D eigenvalue weighted by Crippen LogP contribution is -2.50. The van der Waals surface area contributed by atoms with E-state index in [-0.39, 0.29) is 6.09 Å². The lowest BCUT2D eigenvalue weighted by Gasteiger charge is -2.35. The molecule has 0 radical (unpaired) electrons. The Bertz CT molecular complexity index is 491. The Hall–Kier alpha value is -1.85. The molecule has 1 amide bonds. The maximum absolute atomic E-state index is 12.0. The molecule has 21 heavy (non-hydrogen) atoms. The van der Waals surface area contributed by atoms with Gasteiger partial charge in [0.05, 0.1) is 0 Å². The zero-order valence-corrected chi connectivity index (χ0v) is 13.3. The summed E-state index contributed by atoms with van der Waals surface area (Å²) in [5.41, 5.74) is 0.585. The van der Waals surface area contributed by atoms with Gasteiger partial charge in [-0.15, -0.1) is 0 Å². The highest BCUT2D eigenvalue weighted by Crippen LogP contribution is 2.14. The van der Waals surface area contributed by atoms with Gasteiger partial charge in [-0.1, -0.05) is 6.92 Å². The fourth-order valence-corrected chi connectivity index (χ4v) is 2.15. The molecule has 0 aromatic carbocycles. The summed E-state index contributed by atoms with van der Waals surface area (Å²) >= 11 is 0.